The zero-order valence-electron chi connectivity index (χ0n) is 13.0. The first-order valence-corrected chi connectivity index (χ1v) is 7.56. The molecule has 0 aromatic rings. The van der Waals surface area contributed by atoms with Gasteiger partial charge in [0.15, 0.2) is 0 Å². The predicted molar refractivity (Wildman–Crippen MR) is 78.4 cm³/mol. The van der Waals surface area contributed by atoms with Crippen LogP contribution in [-0.4, -0.2) is 47.7 Å². The van der Waals surface area contributed by atoms with E-state index in [1.165, 1.54) is 0 Å². The molecular formula is C15H30N2O2. The highest BCUT2D eigenvalue weighted by Gasteiger charge is 2.43. The Kier molecular flexibility index (Phi) is 5.81. The molecule has 2 N–H and O–H groups in total. The second-order valence-electron chi connectivity index (χ2n) is 6.51. The monoisotopic (exact) mass is 270 g/mol. The molecule has 0 atom stereocenters. The Morgan fingerprint density at radius 2 is 1.68 bits per heavy atom. The fourth-order valence-corrected chi connectivity index (χ4v) is 2.81. The lowest BCUT2D eigenvalue weighted by Gasteiger charge is -2.41. The molecule has 112 valence electrons. The fraction of sp³-hybridized carbons (Fsp3) is 0.933. The van der Waals surface area contributed by atoms with Gasteiger partial charge in [0.1, 0.15) is 5.54 Å². The third kappa shape index (κ3) is 4.46. The van der Waals surface area contributed by atoms with E-state index in [1.54, 1.807) is 0 Å². The maximum Gasteiger partial charge on any atom is 0.323 e. The van der Waals surface area contributed by atoms with Gasteiger partial charge in [0, 0.05) is 13.1 Å². The molecule has 0 heterocycles. The van der Waals surface area contributed by atoms with Crippen molar-refractivity contribution in [3.8, 4) is 0 Å². The van der Waals surface area contributed by atoms with Crippen molar-refractivity contribution in [2.45, 2.75) is 58.9 Å². The van der Waals surface area contributed by atoms with Gasteiger partial charge < -0.3 is 15.3 Å². The van der Waals surface area contributed by atoms with Crippen LogP contribution in [0.1, 0.15) is 53.4 Å². The Morgan fingerprint density at radius 3 is 2.11 bits per heavy atom. The average molecular weight is 270 g/mol. The first-order valence-electron chi connectivity index (χ1n) is 7.56. The van der Waals surface area contributed by atoms with Crippen molar-refractivity contribution >= 4 is 5.97 Å². The van der Waals surface area contributed by atoms with Crippen molar-refractivity contribution < 1.29 is 9.90 Å². The summed E-state index contributed by atoms with van der Waals surface area (Å²) in [6.07, 6.45) is 3.45. The number of hydrogen-bond acceptors (Lipinski definition) is 3. The highest BCUT2D eigenvalue weighted by atomic mass is 16.4. The number of likely N-dealkylation sites (N-methyl/N-ethyl adjacent to an activating group) is 1. The summed E-state index contributed by atoms with van der Waals surface area (Å²) < 4.78 is 0. The van der Waals surface area contributed by atoms with Gasteiger partial charge in [0.25, 0.3) is 0 Å². The fourth-order valence-electron chi connectivity index (χ4n) is 2.81. The minimum absolute atomic E-state index is 0.291. The van der Waals surface area contributed by atoms with Crippen molar-refractivity contribution in [3.63, 3.8) is 0 Å². The zero-order chi connectivity index (χ0) is 14.5. The largest absolute Gasteiger partial charge is 0.480 e. The molecule has 1 fully saturated rings. The molecule has 0 saturated heterocycles. The van der Waals surface area contributed by atoms with Gasteiger partial charge in [-0.25, -0.2) is 0 Å². The van der Waals surface area contributed by atoms with Gasteiger partial charge in [-0.15, -0.1) is 0 Å². The minimum atomic E-state index is -0.692. The second-order valence-corrected chi connectivity index (χ2v) is 6.51. The van der Waals surface area contributed by atoms with Gasteiger partial charge in [-0.05, 0) is 44.2 Å². The lowest BCUT2D eigenvalue weighted by Crippen LogP contribution is -2.56. The van der Waals surface area contributed by atoms with Gasteiger partial charge in [-0.2, -0.15) is 0 Å². The number of carbonyl (C=O) groups is 1. The highest BCUT2D eigenvalue weighted by Crippen LogP contribution is 2.40. The van der Waals surface area contributed by atoms with E-state index >= 15 is 0 Å². The molecule has 1 aliphatic rings. The molecule has 0 bridgehead atoms. The van der Waals surface area contributed by atoms with Crippen molar-refractivity contribution in [2.75, 3.05) is 26.2 Å². The predicted octanol–water partition coefficient (Wildman–Crippen LogP) is 2.34. The van der Waals surface area contributed by atoms with E-state index in [9.17, 15) is 9.90 Å². The molecule has 0 aromatic carbocycles. The summed E-state index contributed by atoms with van der Waals surface area (Å²) in [5, 5.41) is 12.9. The molecule has 0 spiro atoms. The Morgan fingerprint density at radius 1 is 1.16 bits per heavy atom. The van der Waals surface area contributed by atoms with Crippen LogP contribution >= 0.6 is 0 Å². The van der Waals surface area contributed by atoms with Crippen LogP contribution in [0.2, 0.25) is 0 Å². The van der Waals surface area contributed by atoms with Crippen LogP contribution in [0.5, 0.6) is 0 Å². The Balaban J connectivity index is 2.52. The summed E-state index contributed by atoms with van der Waals surface area (Å²) in [5.41, 5.74) is -0.401. The maximum atomic E-state index is 11.6. The number of carboxylic acid groups (broad SMARTS) is 1. The van der Waals surface area contributed by atoms with Crippen LogP contribution in [0, 0.1) is 5.41 Å². The summed E-state index contributed by atoms with van der Waals surface area (Å²) in [7, 11) is 0. The number of hydrogen-bond donors (Lipinski definition) is 2. The summed E-state index contributed by atoms with van der Waals surface area (Å²) in [6, 6.07) is 0. The van der Waals surface area contributed by atoms with Crippen molar-refractivity contribution in [2.24, 2.45) is 5.41 Å². The molecular weight excluding hydrogens is 240 g/mol. The van der Waals surface area contributed by atoms with Gasteiger partial charge in [0.2, 0.25) is 0 Å². The molecule has 0 aromatic heterocycles. The lowest BCUT2D eigenvalue weighted by molar-refractivity contribution is -0.147. The van der Waals surface area contributed by atoms with Crippen molar-refractivity contribution in [1.29, 1.82) is 0 Å². The maximum absolute atomic E-state index is 11.6. The Hall–Kier alpha value is -0.610. The summed E-state index contributed by atoms with van der Waals surface area (Å²) >= 11 is 0. The van der Waals surface area contributed by atoms with Crippen LogP contribution in [0.15, 0.2) is 0 Å². The van der Waals surface area contributed by atoms with Crippen LogP contribution in [-0.2, 0) is 4.79 Å². The normalized spacial score (nSPS) is 21.5. The molecule has 0 radical (unpaired) electrons. The van der Waals surface area contributed by atoms with E-state index in [1.807, 2.05) is 0 Å². The number of rotatable bonds is 7. The van der Waals surface area contributed by atoms with Crippen molar-refractivity contribution in [1.82, 2.24) is 10.2 Å². The van der Waals surface area contributed by atoms with E-state index in [-0.39, 0.29) is 0 Å². The summed E-state index contributed by atoms with van der Waals surface area (Å²) in [6.45, 7) is 12.5. The van der Waals surface area contributed by atoms with Gasteiger partial charge in [-0.1, -0.05) is 27.7 Å². The molecule has 0 unspecified atom stereocenters. The number of carboxylic acids is 1. The van der Waals surface area contributed by atoms with Gasteiger partial charge in [-0.3, -0.25) is 4.79 Å². The van der Waals surface area contributed by atoms with E-state index < -0.39 is 11.5 Å². The number of aliphatic carboxylic acids is 1. The minimum Gasteiger partial charge on any atom is -0.480 e. The molecule has 1 rings (SSSR count). The van der Waals surface area contributed by atoms with E-state index in [4.69, 9.17) is 0 Å². The second kappa shape index (κ2) is 6.71. The Bertz CT molecular complexity index is 289. The molecule has 1 saturated carbocycles. The average Bonchev–Trinajstić information content (AvgIpc) is 2.36. The first kappa shape index (κ1) is 16.4. The van der Waals surface area contributed by atoms with Crippen LogP contribution < -0.4 is 5.32 Å². The molecule has 0 amide bonds. The van der Waals surface area contributed by atoms with E-state index in [0.717, 1.165) is 51.9 Å². The molecule has 4 heteroatoms. The molecule has 4 nitrogen and oxygen atoms in total. The standard InChI is InChI=1S/C15H30N2O2/c1-5-17(6-2)12-11-16-15(13(18)19)9-7-14(3,4)8-10-15/h16H,5-12H2,1-4H3,(H,18,19). The molecule has 19 heavy (non-hydrogen) atoms. The highest BCUT2D eigenvalue weighted by molar-refractivity contribution is 5.79. The van der Waals surface area contributed by atoms with Crippen molar-refractivity contribution in [3.05, 3.63) is 0 Å². The van der Waals surface area contributed by atoms with E-state index in [0.29, 0.717) is 5.41 Å². The molecule has 0 aliphatic heterocycles. The first-order chi connectivity index (χ1) is 8.85. The quantitative estimate of drug-likeness (QED) is 0.745. The van der Waals surface area contributed by atoms with Gasteiger partial charge in [0.05, 0.1) is 0 Å². The van der Waals surface area contributed by atoms with Crippen LogP contribution in [0.3, 0.4) is 0 Å². The summed E-state index contributed by atoms with van der Waals surface area (Å²) in [4.78, 5) is 13.9. The summed E-state index contributed by atoms with van der Waals surface area (Å²) in [5.74, 6) is -0.678. The smallest absolute Gasteiger partial charge is 0.323 e. The SMILES string of the molecule is CCN(CC)CCNC1(C(=O)O)CCC(C)(C)CC1. The number of nitrogens with zero attached hydrogens (tertiary/aromatic N) is 1. The third-order valence-corrected chi connectivity index (χ3v) is 4.65. The topological polar surface area (TPSA) is 52.6 Å². The van der Waals surface area contributed by atoms with Crippen LogP contribution in [0.4, 0.5) is 0 Å². The van der Waals surface area contributed by atoms with Gasteiger partial charge >= 0.3 is 5.97 Å². The zero-order valence-corrected chi connectivity index (χ0v) is 13.0. The number of nitrogens with one attached hydrogen (secondary N) is 1. The lowest BCUT2D eigenvalue weighted by atomic mass is 9.69. The molecule has 1 aliphatic carbocycles. The van der Waals surface area contributed by atoms with E-state index in [2.05, 4.69) is 37.9 Å². The Labute approximate surface area is 117 Å². The van der Waals surface area contributed by atoms with Crippen LogP contribution in [0.25, 0.3) is 0 Å². The third-order valence-electron chi connectivity index (χ3n) is 4.65.